The zero-order valence-electron chi connectivity index (χ0n) is 19.9. The molecule has 1 aliphatic rings. The number of rotatable bonds is 5. The summed E-state index contributed by atoms with van der Waals surface area (Å²) < 4.78 is 12.0. The molecule has 3 aromatic carbocycles. The van der Waals surface area contributed by atoms with Crippen molar-refractivity contribution in [2.45, 2.75) is 19.6 Å². The Morgan fingerprint density at radius 1 is 0.973 bits per heavy atom. The largest absolute Gasteiger partial charge is 0.489 e. The van der Waals surface area contributed by atoms with Crippen LogP contribution in [-0.2, 0) is 6.61 Å². The minimum Gasteiger partial charge on any atom is -0.489 e. The van der Waals surface area contributed by atoms with Crippen molar-refractivity contribution in [1.29, 1.82) is 0 Å². The topological polar surface area (TPSA) is 72.6 Å². The van der Waals surface area contributed by atoms with E-state index in [1.165, 1.54) is 11.1 Å². The summed E-state index contributed by atoms with van der Waals surface area (Å²) in [6.45, 7) is 2.34. The number of halogens is 1. The molecular weight excluding hydrogens is 488 g/mol. The number of pyridine rings is 1. The molecule has 0 saturated carbocycles. The number of carbonyl (C=O) groups excluding carboxylic acids is 1. The quantitative estimate of drug-likeness (QED) is 0.272. The Bertz CT molecular complexity index is 1680. The first-order valence-corrected chi connectivity index (χ1v) is 12.2. The second-order valence-corrected chi connectivity index (χ2v) is 9.37. The Kier molecular flexibility index (Phi) is 5.74. The first-order valence-electron chi connectivity index (χ1n) is 11.8. The predicted molar refractivity (Wildman–Crippen MR) is 142 cm³/mol. The number of anilines is 1. The number of amides is 1. The molecule has 182 valence electrons. The molecule has 2 aromatic heterocycles. The molecule has 5 aromatic rings. The zero-order valence-corrected chi connectivity index (χ0v) is 20.6. The van der Waals surface area contributed by atoms with Crippen LogP contribution in [0.5, 0.6) is 5.75 Å². The Balaban J connectivity index is 1.44. The van der Waals surface area contributed by atoms with Gasteiger partial charge < -0.3 is 9.15 Å². The van der Waals surface area contributed by atoms with E-state index in [2.05, 4.69) is 4.98 Å². The van der Waals surface area contributed by atoms with E-state index in [1.54, 1.807) is 24.3 Å². The average molecular weight is 509 g/mol. The fraction of sp³-hybridized carbons (Fsp3) is 0.100. The molecule has 1 amide bonds. The predicted octanol–water partition coefficient (Wildman–Crippen LogP) is 6.48. The van der Waals surface area contributed by atoms with Gasteiger partial charge in [0.2, 0.25) is 5.76 Å². The highest BCUT2D eigenvalue weighted by molar-refractivity contribution is 6.30. The van der Waals surface area contributed by atoms with Gasteiger partial charge in [0.15, 0.2) is 5.43 Å². The third-order valence-corrected chi connectivity index (χ3v) is 6.65. The maximum absolute atomic E-state index is 13.8. The monoisotopic (exact) mass is 508 g/mol. The zero-order chi connectivity index (χ0) is 25.5. The van der Waals surface area contributed by atoms with Crippen LogP contribution in [0.2, 0.25) is 5.02 Å². The van der Waals surface area contributed by atoms with Gasteiger partial charge in [-0.05, 0) is 54.4 Å². The highest BCUT2D eigenvalue weighted by Gasteiger charge is 2.44. The Morgan fingerprint density at radius 3 is 2.49 bits per heavy atom. The maximum Gasteiger partial charge on any atom is 0.296 e. The number of nitrogens with zero attached hydrogens (tertiary/aromatic N) is 2. The van der Waals surface area contributed by atoms with Gasteiger partial charge in [-0.3, -0.25) is 14.5 Å². The molecule has 0 spiro atoms. The molecule has 0 saturated heterocycles. The molecule has 0 radical (unpaired) electrons. The smallest absolute Gasteiger partial charge is 0.296 e. The van der Waals surface area contributed by atoms with Crippen LogP contribution >= 0.6 is 11.6 Å². The molecule has 0 aliphatic carbocycles. The Morgan fingerprint density at radius 2 is 1.76 bits per heavy atom. The Labute approximate surface area is 217 Å². The number of hydrogen-bond donors (Lipinski definition) is 0. The minimum absolute atomic E-state index is 0.0208. The number of aromatic nitrogens is 1. The lowest BCUT2D eigenvalue weighted by molar-refractivity contribution is 0.0970. The van der Waals surface area contributed by atoms with E-state index in [4.69, 9.17) is 20.8 Å². The lowest BCUT2D eigenvalue weighted by Gasteiger charge is -2.24. The minimum atomic E-state index is -0.722. The van der Waals surface area contributed by atoms with Crippen molar-refractivity contribution in [2.24, 2.45) is 0 Å². The van der Waals surface area contributed by atoms with Gasteiger partial charge in [0.05, 0.1) is 22.0 Å². The van der Waals surface area contributed by atoms with Gasteiger partial charge in [0.1, 0.15) is 23.8 Å². The van der Waals surface area contributed by atoms with Crippen LogP contribution in [0, 0.1) is 6.92 Å². The van der Waals surface area contributed by atoms with Crippen LogP contribution < -0.4 is 15.1 Å². The lowest BCUT2D eigenvalue weighted by Crippen LogP contribution is -2.30. The standard InChI is InChI=1S/C30H21ClN2O4/c1-18-7-13-24-23(15-18)28(34)26-27(33(30(35)29(26)37-24)25-14-10-21(31)16-32-25)20-8-11-22(12-9-20)36-17-19-5-3-2-4-6-19/h2-16,27H,17H2,1H3. The van der Waals surface area contributed by atoms with Crippen molar-refractivity contribution in [2.75, 3.05) is 4.90 Å². The number of carbonyl (C=O) groups is 1. The maximum atomic E-state index is 13.8. The summed E-state index contributed by atoms with van der Waals surface area (Å²) in [5.41, 5.74) is 3.14. The summed E-state index contributed by atoms with van der Waals surface area (Å²) >= 11 is 6.05. The van der Waals surface area contributed by atoms with Crippen molar-refractivity contribution in [3.63, 3.8) is 0 Å². The molecule has 1 aliphatic heterocycles. The fourth-order valence-electron chi connectivity index (χ4n) is 4.64. The van der Waals surface area contributed by atoms with Gasteiger partial charge in [-0.25, -0.2) is 4.98 Å². The second-order valence-electron chi connectivity index (χ2n) is 8.93. The normalized spacial score (nSPS) is 14.7. The van der Waals surface area contributed by atoms with Crippen LogP contribution in [-0.4, -0.2) is 10.9 Å². The van der Waals surface area contributed by atoms with Gasteiger partial charge >= 0.3 is 0 Å². The van der Waals surface area contributed by atoms with Gasteiger partial charge in [-0.2, -0.15) is 0 Å². The molecule has 0 fully saturated rings. The summed E-state index contributed by atoms with van der Waals surface area (Å²) in [5, 5.41) is 0.880. The molecule has 6 rings (SSSR count). The highest BCUT2D eigenvalue weighted by Crippen LogP contribution is 2.41. The molecule has 3 heterocycles. The van der Waals surface area contributed by atoms with Gasteiger partial charge in [0.25, 0.3) is 5.91 Å². The van der Waals surface area contributed by atoms with Crippen LogP contribution in [0.25, 0.3) is 11.0 Å². The van der Waals surface area contributed by atoms with Crippen LogP contribution in [0.15, 0.2) is 100 Å². The molecule has 1 unspecified atom stereocenters. The lowest BCUT2D eigenvalue weighted by atomic mass is 9.98. The molecule has 37 heavy (non-hydrogen) atoms. The van der Waals surface area contributed by atoms with Crippen LogP contribution in [0.3, 0.4) is 0 Å². The van der Waals surface area contributed by atoms with Gasteiger partial charge in [-0.1, -0.05) is 65.7 Å². The highest BCUT2D eigenvalue weighted by atomic mass is 35.5. The number of benzene rings is 3. The van der Waals surface area contributed by atoms with Crippen LogP contribution in [0.1, 0.15) is 38.9 Å². The summed E-state index contributed by atoms with van der Waals surface area (Å²) in [5.74, 6) is 0.635. The van der Waals surface area contributed by atoms with Gasteiger partial charge in [-0.15, -0.1) is 0 Å². The first kappa shape index (κ1) is 23.0. The molecular formula is C30H21ClN2O4. The van der Waals surface area contributed by atoms with E-state index < -0.39 is 11.9 Å². The van der Waals surface area contributed by atoms with E-state index in [-0.39, 0.29) is 16.8 Å². The number of aryl methyl sites for hydroxylation is 1. The van der Waals surface area contributed by atoms with E-state index in [0.29, 0.717) is 34.2 Å². The third kappa shape index (κ3) is 4.15. The fourth-order valence-corrected chi connectivity index (χ4v) is 4.75. The average Bonchev–Trinajstić information content (AvgIpc) is 3.21. The second kappa shape index (κ2) is 9.22. The summed E-state index contributed by atoms with van der Waals surface area (Å²) in [6.07, 6.45) is 1.47. The number of fused-ring (bicyclic) bond motifs is 2. The summed E-state index contributed by atoms with van der Waals surface area (Å²) in [7, 11) is 0. The van der Waals surface area contributed by atoms with Crippen molar-refractivity contribution in [1.82, 2.24) is 4.98 Å². The Hall–Kier alpha value is -4.42. The number of ether oxygens (including phenoxy) is 1. The first-order chi connectivity index (χ1) is 18.0. The SMILES string of the molecule is Cc1ccc2oc3c(c(=O)c2c1)C(c1ccc(OCc2ccccc2)cc1)N(c1ccc(Cl)cn1)C3=O. The molecule has 0 bridgehead atoms. The van der Waals surface area contributed by atoms with Crippen molar-refractivity contribution in [3.8, 4) is 5.75 Å². The number of hydrogen-bond acceptors (Lipinski definition) is 5. The van der Waals surface area contributed by atoms with E-state index >= 15 is 0 Å². The van der Waals surface area contributed by atoms with Crippen LogP contribution in [0.4, 0.5) is 5.82 Å². The van der Waals surface area contributed by atoms with E-state index in [1.807, 2.05) is 67.6 Å². The summed E-state index contributed by atoms with van der Waals surface area (Å²) in [4.78, 5) is 33.3. The van der Waals surface area contributed by atoms with E-state index in [9.17, 15) is 9.59 Å². The third-order valence-electron chi connectivity index (χ3n) is 6.43. The van der Waals surface area contributed by atoms with E-state index in [0.717, 1.165) is 16.7 Å². The molecule has 6 nitrogen and oxygen atoms in total. The van der Waals surface area contributed by atoms with Crippen molar-refractivity contribution >= 4 is 34.3 Å². The van der Waals surface area contributed by atoms with Crippen molar-refractivity contribution in [3.05, 3.63) is 134 Å². The summed E-state index contributed by atoms with van der Waals surface area (Å²) in [6, 6.07) is 25.2. The van der Waals surface area contributed by atoms with Gasteiger partial charge in [0, 0.05) is 6.20 Å². The molecule has 7 heteroatoms. The van der Waals surface area contributed by atoms with Crippen molar-refractivity contribution < 1.29 is 13.9 Å². The molecule has 0 N–H and O–H groups in total. The molecule has 1 atom stereocenters.